The van der Waals surface area contributed by atoms with Gasteiger partial charge in [-0.3, -0.25) is 22.8 Å². The molecule has 38 nitrogen and oxygen atoms in total. The number of aliphatic carboxylic acids is 2. The molecular formula is C24H40N2O36S5. The molecule has 392 valence electrons. The van der Waals surface area contributed by atoms with Gasteiger partial charge in [-0.25, -0.2) is 22.1 Å². The number of aliphatic hydroxyl groups is 7. The molecule has 4 aliphatic heterocycles. The Morgan fingerprint density at radius 2 is 0.881 bits per heavy atom. The average molecular weight is 1090 g/mol. The summed E-state index contributed by atoms with van der Waals surface area (Å²) in [6.45, 7) is -3.18. The van der Waals surface area contributed by atoms with Crippen LogP contribution in [0.4, 0.5) is 0 Å². The van der Waals surface area contributed by atoms with Crippen LogP contribution < -0.4 is 9.44 Å². The van der Waals surface area contributed by atoms with E-state index < -0.39 is 200 Å². The van der Waals surface area contributed by atoms with E-state index in [1.807, 2.05) is 0 Å². The van der Waals surface area contributed by atoms with Crippen molar-refractivity contribution in [3.8, 4) is 0 Å². The summed E-state index contributed by atoms with van der Waals surface area (Å²) in [7, 11) is -28.3. The van der Waals surface area contributed by atoms with E-state index in [4.69, 9.17) is 37.7 Å². The van der Waals surface area contributed by atoms with Crippen molar-refractivity contribution in [3.63, 3.8) is 0 Å². The molecule has 67 heavy (non-hydrogen) atoms. The molecular weight excluding hydrogens is 1050 g/mol. The quantitative estimate of drug-likeness (QED) is 0.0503. The number of hydrogen-bond donors (Lipinski definition) is 16. The molecule has 0 radical (unpaired) electrons. The molecule has 4 heterocycles. The first-order valence-electron chi connectivity index (χ1n) is 17.6. The summed E-state index contributed by atoms with van der Waals surface area (Å²) in [6, 6.07) is -5.29. The van der Waals surface area contributed by atoms with Crippen molar-refractivity contribution in [3.05, 3.63) is 0 Å². The standard InChI is InChI=1S/C24H40N2O36S5/c27-7-5(25-63(38,39)40)21(37)55-3(1-53-65(44,45)46)13(7)57-24-12(32)10(30)16(18(61-24)20(35)36)59-22-6(26-64(41,42)43)15(62-67(50,51)52)14(4(56-22)2-54-66(47,48)49)58-23-11(31)8(28)9(29)17(60-23)19(33)34/h3-18,21-32,37H,1-2H2,(H,33,34)(H,35,36)(H,38,39,40)(H,41,42,43)(H,44,45,46)(H,47,48,49)(H,50,51,52)/t3-,4-,5-,6-,7-,8+,9+,10-,11-,12-,13-,14-,15-,16+,17+,18+,21+,22-,23-,24-/m1/s1. The molecule has 0 aromatic rings. The van der Waals surface area contributed by atoms with Crippen LogP contribution in [-0.2, 0) is 107 Å². The summed E-state index contributed by atoms with van der Waals surface area (Å²) in [5.41, 5.74) is 0. The monoisotopic (exact) mass is 1090 g/mol. The lowest BCUT2D eigenvalue weighted by atomic mass is 9.94. The Hall–Kier alpha value is -2.27. The molecule has 0 saturated carbocycles. The lowest BCUT2D eigenvalue weighted by molar-refractivity contribution is -0.368. The van der Waals surface area contributed by atoms with Crippen molar-refractivity contribution in [2.75, 3.05) is 13.2 Å². The minimum absolute atomic E-state index is 1.22. The molecule has 0 amide bonds. The van der Waals surface area contributed by atoms with E-state index in [1.54, 1.807) is 0 Å². The first-order chi connectivity index (χ1) is 30.4. The number of hydrogen-bond acceptors (Lipinski definition) is 29. The number of nitrogens with one attached hydrogen (secondary N) is 2. The third-order valence-electron chi connectivity index (χ3n) is 9.38. The van der Waals surface area contributed by atoms with Crippen LogP contribution >= 0.6 is 0 Å². The summed E-state index contributed by atoms with van der Waals surface area (Å²) in [5.74, 6) is -4.35. The van der Waals surface area contributed by atoms with Gasteiger partial charge >= 0.3 is 63.7 Å². The molecule has 4 saturated heterocycles. The van der Waals surface area contributed by atoms with E-state index in [9.17, 15) is 116 Å². The van der Waals surface area contributed by atoms with Crippen LogP contribution in [0.2, 0.25) is 0 Å². The number of carboxylic acids is 2. The summed E-state index contributed by atoms with van der Waals surface area (Å²) in [5, 5.41) is 93.9. The maximum absolute atomic E-state index is 12.6. The summed E-state index contributed by atoms with van der Waals surface area (Å²) < 4.78 is 216. The fourth-order valence-electron chi connectivity index (χ4n) is 6.64. The Morgan fingerprint density at radius 3 is 1.34 bits per heavy atom. The van der Waals surface area contributed by atoms with Crippen molar-refractivity contribution >= 4 is 63.7 Å². The van der Waals surface area contributed by atoms with Gasteiger partial charge < -0.3 is 79.1 Å². The Labute approximate surface area is 374 Å². The number of carboxylic acid groups (broad SMARTS) is 2. The lowest BCUT2D eigenvalue weighted by Crippen LogP contribution is -2.71. The average Bonchev–Trinajstić information content (AvgIpc) is 3.15. The van der Waals surface area contributed by atoms with Crippen LogP contribution in [-0.4, -0.2) is 259 Å². The molecule has 0 bridgehead atoms. The molecule has 43 heteroatoms. The van der Waals surface area contributed by atoms with Gasteiger partial charge in [0.05, 0.1) is 13.2 Å². The van der Waals surface area contributed by atoms with E-state index in [-0.39, 0.29) is 0 Å². The summed E-state index contributed by atoms with van der Waals surface area (Å²) in [4.78, 5) is 24.3. The molecule has 16 N–H and O–H groups in total. The Morgan fingerprint density at radius 1 is 0.448 bits per heavy atom. The molecule has 0 aromatic carbocycles. The highest BCUT2D eigenvalue weighted by atomic mass is 32.3. The maximum Gasteiger partial charge on any atom is 0.397 e. The van der Waals surface area contributed by atoms with Crippen LogP contribution in [0.1, 0.15) is 0 Å². The zero-order chi connectivity index (χ0) is 51.1. The first kappa shape index (κ1) is 57.3. The first-order valence-corrected chi connectivity index (χ1v) is 24.5. The topological polar surface area (TPSA) is 604 Å². The number of carbonyl (C=O) groups is 2. The molecule has 0 unspecified atom stereocenters. The van der Waals surface area contributed by atoms with Gasteiger partial charge in [-0.05, 0) is 0 Å². The predicted octanol–water partition coefficient (Wildman–Crippen LogP) is -11.3. The zero-order valence-corrected chi connectivity index (χ0v) is 36.3. The summed E-state index contributed by atoms with van der Waals surface area (Å²) >= 11 is 0. The minimum atomic E-state index is -6.05. The molecule has 0 aromatic heterocycles. The van der Waals surface area contributed by atoms with Crippen molar-refractivity contribution in [2.24, 2.45) is 0 Å². The van der Waals surface area contributed by atoms with Crippen LogP contribution in [0.15, 0.2) is 0 Å². The highest BCUT2D eigenvalue weighted by Gasteiger charge is 2.59. The van der Waals surface area contributed by atoms with E-state index in [1.165, 1.54) is 9.44 Å². The normalized spacial score (nSPS) is 40.5. The molecule has 4 aliphatic rings. The Balaban J connectivity index is 1.77. The third-order valence-corrected chi connectivity index (χ3v) is 11.9. The van der Waals surface area contributed by atoms with Crippen molar-refractivity contribution < 1.29 is 166 Å². The lowest BCUT2D eigenvalue weighted by Gasteiger charge is -2.49. The van der Waals surface area contributed by atoms with Crippen LogP contribution in [0.25, 0.3) is 0 Å². The maximum atomic E-state index is 12.6. The van der Waals surface area contributed by atoms with Crippen molar-refractivity contribution in [1.82, 2.24) is 9.44 Å². The highest BCUT2D eigenvalue weighted by molar-refractivity contribution is 7.84. The fourth-order valence-corrected chi connectivity index (χ4v) is 8.95. The van der Waals surface area contributed by atoms with E-state index in [2.05, 4.69) is 12.5 Å². The van der Waals surface area contributed by atoms with Crippen LogP contribution in [0, 0.1) is 0 Å². The Bertz CT molecular complexity index is 2320. The van der Waals surface area contributed by atoms with Crippen LogP contribution in [0.3, 0.4) is 0 Å². The van der Waals surface area contributed by atoms with Gasteiger partial charge in [0.25, 0.3) is 0 Å². The zero-order valence-electron chi connectivity index (χ0n) is 32.2. The van der Waals surface area contributed by atoms with Gasteiger partial charge in [0, 0.05) is 0 Å². The second-order valence-corrected chi connectivity index (χ2v) is 19.6. The van der Waals surface area contributed by atoms with Crippen LogP contribution in [0.5, 0.6) is 0 Å². The number of aliphatic hydroxyl groups excluding tert-OH is 7. The SMILES string of the molecule is O=C(O)[C@H]1O[C@@H](O[C@H]2[C@H](OS(=O)(=O)O)[C@@H](NS(=O)(=O)O)[C@@H](O[C@H]3[C@H](O)[C@@H](O)[C@H](O[C@H]4[C@H](O)[C@@H](NS(=O)(=O)O)[C@@H](O)O[C@@H]4COS(=O)(=O)O)O[C@@H]3C(=O)O)O[C@@H]2COS(=O)(=O)O)[C@H](O)[C@@H](O)[C@@H]1O. The summed E-state index contributed by atoms with van der Waals surface area (Å²) in [6.07, 6.45) is -47.8. The smallest absolute Gasteiger partial charge is 0.397 e. The van der Waals surface area contributed by atoms with Gasteiger partial charge in [-0.2, -0.15) is 51.5 Å². The second kappa shape index (κ2) is 21.6. The molecule has 0 spiro atoms. The molecule has 4 rings (SSSR count). The van der Waals surface area contributed by atoms with Gasteiger partial charge in [0.2, 0.25) is 0 Å². The largest absolute Gasteiger partial charge is 0.479 e. The van der Waals surface area contributed by atoms with E-state index in [0.717, 1.165) is 0 Å². The highest BCUT2D eigenvalue weighted by Crippen LogP contribution is 2.36. The Kier molecular flexibility index (Phi) is 18.5. The third kappa shape index (κ3) is 15.6. The van der Waals surface area contributed by atoms with Gasteiger partial charge in [0.1, 0.15) is 85.3 Å². The minimum Gasteiger partial charge on any atom is -0.479 e. The molecule has 4 fully saturated rings. The number of ether oxygens (including phenoxy) is 7. The van der Waals surface area contributed by atoms with Gasteiger partial charge in [0.15, 0.2) is 37.4 Å². The molecule has 0 aliphatic carbocycles. The van der Waals surface area contributed by atoms with Gasteiger partial charge in [-0.1, -0.05) is 0 Å². The number of rotatable bonds is 20. The van der Waals surface area contributed by atoms with E-state index >= 15 is 0 Å². The van der Waals surface area contributed by atoms with E-state index in [0.29, 0.717) is 0 Å². The fraction of sp³-hybridized carbons (Fsp3) is 0.917. The van der Waals surface area contributed by atoms with Crippen molar-refractivity contribution in [1.29, 1.82) is 0 Å². The predicted molar refractivity (Wildman–Crippen MR) is 191 cm³/mol. The van der Waals surface area contributed by atoms with Crippen molar-refractivity contribution in [2.45, 2.75) is 123 Å². The van der Waals surface area contributed by atoms with Gasteiger partial charge in [-0.15, -0.1) is 0 Å². The second-order valence-electron chi connectivity index (χ2n) is 14.0. The molecule has 20 atom stereocenters.